The van der Waals surface area contributed by atoms with E-state index in [9.17, 15) is 4.79 Å². The number of carbonyl (C=O) groups is 1. The number of hydrogen-bond acceptors (Lipinski definition) is 6. The van der Waals surface area contributed by atoms with Gasteiger partial charge in [-0.15, -0.1) is 0 Å². The van der Waals surface area contributed by atoms with Crippen molar-refractivity contribution >= 4 is 31.3 Å². The topological polar surface area (TPSA) is 116 Å². The van der Waals surface area contributed by atoms with Crippen LogP contribution in [0.15, 0.2) is 60.7 Å². The average molecular weight is 304 g/mol. The Hall–Kier alpha value is -2.32. The van der Waals surface area contributed by atoms with Gasteiger partial charge in [0.1, 0.15) is 0 Å². The summed E-state index contributed by atoms with van der Waals surface area (Å²) in [5, 5.41) is 34.1. The van der Waals surface area contributed by atoms with Crippen molar-refractivity contribution < 1.29 is 34.7 Å². The molecule has 0 aromatic heterocycles. The molecule has 114 valence electrons. The van der Waals surface area contributed by atoms with Gasteiger partial charge in [-0.05, 0) is 10.9 Å². The summed E-state index contributed by atoms with van der Waals surface area (Å²) in [4.78, 5) is 13.7. The smallest absolute Gasteiger partial charge is 0.473 e. The molecule has 0 unspecified atom stereocenters. The predicted molar refractivity (Wildman–Crippen MR) is 80.9 cm³/mol. The Morgan fingerprint density at radius 1 is 0.818 bits per heavy atom. The molecular formula is C13H14B2O7. The molecule has 9 heteroatoms. The fourth-order valence-electron chi connectivity index (χ4n) is 1.46. The normalized spacial score (nSPS) is 9.23. The van der Waals surface area contributed by atoms with Gasteiger partial charge in [-0.3, -0.25) is 10.1 Å². The third kappa shape index (κ3) is 6.42. The molecule has 0 fully saturated rings. The Labute approximate surface area is 127 Å². The lowest BCUT2D eigenvalue weighted by atomic mass is 9.80. The molecule has 0 aliphatic rings. The Kier molecular flexibility index (Phi) is 7.73. The second kappa shape index (κ2) is 9.59. The molecule has 0 spiro atoms. The molecule has 2 rings (SSSR count). The van der Waals surface area contributed by atoms with Crippen molar-refractivity contribution in [2.24, 2.45) is 0 Å². The van der Waals surface area contributed by atoms with Gasteiger partial charge < -0.3 is 19.8 Å². The summed E-state index contributed by atoms with van der Waals surface area (Å²) < 4.78 is 4.11. The Balaban J connectivity index is 0.000000224. The second-order valence-corrected chi connectivity index (χ2v) is 4.02. The summed E-state index contributed by atoms with van der Waals surface area (Å²) in [7, 11) is -2.63. The molecule has 0 radical (unpaired) electrons. The van der Waals surface area contributed by atoms with E-state index in [0.717, 1.165) is 0 Å². The maximum Gasteiger partial charge on any atom is 0.564 e. The summed E-state index contributed by atoms with van der Waals surface area (Å²) in [6.07, 6.45) is -1.49. The maximum absolute atomic E-state index is 10.0. The molecule has 7 nitrogen and oxygen atoms in total. The van der Waals surface area contributed by atoms with E-state index in [1.807, 2.05) is 6.07 Å². The van der Waals surface area contributed by atoms with Crippen LogP contribution in [0.1, 0.15) is 0 Å². The van der Waals surface area contributed by atoms with Crippen LogP contribution in [-0.4, -0.2) is 40.8 Å². The van der Waals surface area contributed by atoms with Gasteiger partial charge in [0.25, 0.3) is 0 Å². The molecule has 2 aromatic rings. The van der Waals surface area contributed by atoms with Crippen LogP contribution in [-0.2, 0) is 9.46 Å². The van der Waals surface area contributed by atoms with E-state index in [4.69, 9.17) is 20.4 Å². The minimum Gasteiger partial charge on any atom is -0.473 e. The monoisotopic (exact) mass is 304 g/mol. The molecule has 0 aliphatic carbocycles. The van der Waals surface area contributed by atoms with Gasteiger partial charge in [0.15, 0.2) is 0 Å². The molecular weight excluding hydrogens is 290 g/mol. The Morgan fingerprint density at radius 3 is 1.59 bits per heavy atom. The molecule has 0 saturated carbocycles. The molecule has 22 heavy (non-hydrogen) atoms. The quantitative estimate of drug-likeness (QED) is 0.355. The zero-order chi connectivity index (χ0) is 16.4. The largest absolute Gasteiger partial charge is 0.564 e. The van der Waals surface area contributed by atoms with Gasteiger partial charge in [0.2, 0.25) is 0 Å². The third-order valence-electron chi connectivity index (χ3n) is 2.48. The molecule has 0 heterocycles. The summed E-state index contributed by atoms with van der Waals surface area (Å²) in [6.45, 7) is 0. The van der Waals surface area contributed by atoms with Gasteiger partial charge in [-0.1, -0.05) is 60.7 Å². The van der Waals surface area contributed by atoms with E-state index in [-0.39, 0.29) is 0 Å². The van der Waals surface area contributed by atoms with E-state index in [1.165, 1.54) is 0 Å². The fraction of sp³-hybridized carbons (Fsp3) is 0. The Morgan fingerprint density at radius 2 is 1.23 bits per heavy atom. The highest BCUT2D eigenvalue weighted by atomic mass is 17.1. The molecule has 0 amide bonds. The minimum atomic E-state index is -1.49. The van der Waals surface area contributed by atoms with Crippen molar-refractivity contribution in [3.63, 3.8) is 0 Å². The van der Waals surface area contributed by atoms with Crippen molar-refractivity contribution in [3.05, 3.63) is 60.7 Å². The lowest BCUT2D eigenvalue weighted by Gasteiger charge is -2.03. The van der Waals surface area contributed by atoms with Crippen LogP contribution in [0.2, 0.25) is 0 Å². The molecule has 0 aliphatic heterocycles. The zero-order valence-electron chi connectivity index (χ0n) is 11.4. The van der Waals surface area contributed by atoms with E-state index in [2.05, 4.69) is 9.46 Å². The van der Waals surface area contributed by atoms with E-state index in [0.29, 0.717) is 10.9 Å². The first-order chi connectivity index (χ1) is 10.5. The number of hydrogen-bond donors (Lipinski definition) is 4. The van der Waals surface area contributed by atoms with Crippen LogP contribution in [0.4, 0.5) is 4.79 Å². The predicted octanol–water partition coefficient (Wildman–Crippen LogP) is -0.0676. The van der Waals surface area contributed by atoms with Gasteiger partial charge in [0.05, 0.1) is 0 Å². The highest BCUT2D eigenvalue weighted by molar-refractivity contribution is 6.61. The van der Waals surface area contributed by atoms with Crippen molar-refractivity contribution in [1.82, 2.24) is 0 Å². The van der Waals surface area contributed by atoms with Gasteiger partial charge in [-0.25, -0.2) is 4.79 Å². The Bertz CT molecular complexity index is 553. The lowest BCUT2D eigenvalue weighted by molar-refractivity contribution is -0.154. The van der Waals surface area contributed by atoms with E-state index in [1.54, 1.807) is 54.6 Å². The average Bonchev–Trinajstić information content (AvgIpc) is 2.55. The van der Waals surface area contributed by atoms with Crippen LogP contribution in [0.5, 0.6) is 0 Å². The zero-order valence-corrected chi connectivity index (χ0v) is 11.4. The third-order valence-corrected chi connectivity index (χ3v) is 2.48. The first-order valence-electron chi connectivity index (χ1n) is 6.20. The van der Waals surface area contributed by atoms with Crippen molar-refractivity contribution in [2.75, 3.05) is 0 Å². The summed E-state index contributed by atoms with van der Waals surface area (Å²) >= 11 is 0. The van der Waals surface area contributed by atoms with Crippen molar-refractivity contribution in [1.29, 1.82) is 0 Å². The first-order valence-corrected chi connectivity index (χ1v) is 6.20. The van der Waals surface area contributed by atoms with E-state index >= 15 is 0 Å². The molecule has 0 bridgehead atoms. The maximum atomic E-state index is 10.0. The van der Waals surface area contributed by atoms with Crippen LogP contribution >= 0.6 is 0 Å². The number of rotatable bonds is 4. The molecule has 2 aromatic carbocycles. The van der Waals surface area contributed by atoms with Crippen LogP contribution < -0.4 is 10.9 Å². The SMILES string of the molecule is O=C(O)OB(O)c1ccccc1.OOB(O)c1ccccc1. The van der Waals surface area contributed by atoms with Crippen LogP contribution in [0.3, 0.4) is 0 Å². The number of carboxylic acid groups (broad SMARTS) is 1. The lowest BCUT2D eigenvalue weighted by Crippen LogP contribution is -2.35. The van der Waals surface area contributed by atoms with Crippen LogP contribution in [0.25, 0.3) is 0 Å². The molecule has 0 saturated heterocycles. The van der Waals surface area contributed by atoms with Crippen molar-refractivity contribution in [2.45, 2.75) is 0 Å². The first kappa shape index (κ1) is 17.7. The minimum absolute atomic E-state index is 0.417. The van der Waals surface area contributed by atoms with Gasteiger partial charge >= 0.3 is 20.4 Å². The summed E-state index contributed by atoms with van der Waals surface area (Å²) in [6, 6.07) is 16.9. The summed E-state index contributed by atoms with van der Waals surface area (Å²) in [5.41, 5.74) is 0.949. The van der Waals surface area contributed by atoms with Crippen molar-refractivity contribution in [3.8, 4) is 0 Å². The fourth-order valence-corrected chi connectivity index (χ4v) is 1.46. The molecule has 4 N–H and O–H groups in total. The van der Waals surface area contributed by atoms with Gasteiger partial charge in [0, 0.05) is 0 Å². The van der Waals surface area contributed by atoms with Gasteiger partial charge in [-0.2, -0.15) is 0 Å². The highest BCUT2D eigenvalue weighted by Crippen LogP contribution is 1.88. The second-order valence-electron chi connectivity index (χ2n) is 4.02. The standard InChI is InChI=1S/C7H7BO4.C6H7BO3/c9-7(10)12-8(11)6-4-2-1-3-5-6;8-7(10-9)6-4-2-1-3-5-6/h1-5,11H,(H,9,10);1-5,8-9H. The molecule has 0 atom stereocenters. The highest BCUT2D eigenvalue weighted by Gasteiger charge is 2.20. The summed E-state index contributed by atoms with van der Waals surface area (Å²) in [5.74, 6) is 0. The van der Waals surface area contributed by atoms with E-state index < -0.39 is 20.4 Å². The number of benzene rings is 2. The van der Waals surface area contributed by atoms with Crippen LogP contribution in [0, 0.1) is 0 Å².